The molecule has 4 saturated carbocycles. The first-order valence-corrected chi connectivity index (χ1v) is 10.5. The smallest absolute Gasteiger partial charge is 0.460 e. The predicted octanol–water partition coefficient (Wildman–Crippen LogP) is 0.610. The van der Waals surface area contributed by atoms with Gasteiger partial charge in [0.15, 0.2) is 6.10 Å². The molecule has 4 aliphatic carbocycles. The van der Waals surface area contributed by atoms with Crippen LogP contribution < -0.4 is 0 Å². The first-order valence-electron chi connectivity index (χ1n) is 9.01. The lowest BCUT2D eigenvalue weighted by atomic mass is 9.51. The molecule has 5 aliphatic rings. The number of halogens is 2. The second-order valence-electron chi connectivity index (χ2n) is 8.23. The Kier molecular flexibility index (Phi) is 4.32. The summed E-state index contributed by atoms with van der Waals surface area (Å²) in [5, 5.41) is 5.53. The zero-order chi connectivity index (χ0) is 20.5. The molecule has 0 aromatic heterocycles. The molecule has 4 bridgehead atoms. The molecule has 5 fully saturated rings. The Morgan fingerprint density at radius 1 is 1.25 bits per heavy atom. The van der Waals surface area contributed by atoms with Gasteiger partial charge >= 0.3 is 27.3 Å². The lowest BCUT2D eigenvalue weighted by Crippen LogP contribution is -2.64. The van der Waals surface area contributed by atoms with Crippen LogP contribution in [0.15, 0.2) is 0 Å². The highest BCUT2D eigenvalue weighted by Gasteiger charge is 2.68. The Labute approximate surface area is 159 Å². The van der Waals surface area contributed by atoms with E-state index in [-0.39, 0.29) is 18.3 Å². The first kappa shape index (κ1) is 19.9. The van der Waals surface area contributed by atoms with Crippen LogP contribution in [-0.4, -0.2) is 59.4 Å². The molecule has 158 valence electrons. The molecule has 28 heavy (non-hydrogen) atoms. The van der Waals surface area contributed by atoms with E-state index < -0.39 is 51.4 Å². The molecule has 1 heterocycles. The number of rotatable bonds is 5. The molecule has 0 radical (unpaired) electrons. The molecule has 1 aliphatic heterocycles. The summed E-state index contributed by atoms with van der Waals surface area (Å²) >= 11 is 0. The van der Waals surface area contributed by atoms with Crippen molar-refractivity contribution in [3.05, 3.63) is 0 Å². The van der Waals surface area contributed by atoms with Crippen LogP contribution in [0.25, 0.3) is 0 Å². The van der Waals surface area contributed by atoms with Crippen molar-refractivity contribution in [1.29, 1.82) is 0 Å². The van der Waals surface area contributed by atoms with Gasteiger partial charge in [0.1, 0.15) is 0 Å². The maximum Gasteiger partial charge on any atom is 0.465 e. The number of ether oxygens (including phenoxy) is 3. The highest BCUT2D eigenvalue weighted by Crippen LogP contribution is 2.63. The summed E-state index contributed by atoms with van der Waals surface area (Å²) in [6, 6.07) is 0. The lowest BCUT2D eigenvalue weighted by Gasteiger charge is -2.60. The van der Waals surface area contributed by atoms with Gasteiger partial charge in [0, 0.05) is 18.3 Å². The number of esters is 2. The number of carbonyl (C=O) groups is 2. The van der Waals surface area contributed by atoms with Crippen LogP contribution in [0.3, 0.4) is 0 Å². The zero-order valence-electron chi connectivity index (χ0n) is 14.7. The maximum atomic E-state index is 13.2. The van der Waals surface area contributed by atoms with Gasteiger partial charge in [-0.25, -0.2) is 9.59 Å². The molecule has 0 aromatic carbocycles. The molecule has 12 heteroatoms. The molecule has 0 aromatic rings. The first-order chi connectivity index (χ1) is 12.9. The molecule has 3 unspecified atom stereocenters. The van der Waals surface area contributed by atoms with Crippen LogP contribution in [0.4, 0.5) is 8.78 Å². The quantitative estimate of drug-likeness (QED) is 0.478. The third-order valence-corrected chi connectivity index (χ3v) is 7.13. The molecular weight excluding hydrogens is 406 g/mol. The summed E-state index contributed by atoms with van der Waals surface area (Å²) in [7, 11) is -5.96. The number of hydrogen-bond acceptors (Lipinski definition) is 8. The molecule has 0 amide bonds. The van der Waals surface area contributed by atoms with Gasteiger partial charge in [0.25, 0.3) is 0 Å². The molecule has 9 nitrogen and oxygen atoms in total. The van der Waals surface area contributed by atoms with Gasteiger partial charge < -0.3 is 19.3 Å². The van der Waals surface area contributed by atoms with Gasteiger partial charge in [0.2, 0.25) is 5.79 Å². The van der Waals surface area contributed by atoms with Gasteiger partial charge in [0.05, 0.1) is 12.2 Å². The number of aliphatic hydroxyl groups is 1. The van der Waals surface area contributed by atoms with E-state index in [9.17, 15) is 31.9 Å². The topological polar surface area (TPSA) is 136 Å². The van der Waals surface area contributed by atoms with Crippen molar-refractivity contribution in [2.24, 2.45) is 17.8 Å². The average Bonchev–Trinajstić information content (AvgIpc) is 2.88. The highest BCUT2D eigenvalue weighted by molar-refractivity contribution is 7.87. The SMILES string of the molecule is O=C1OC2(OC1CCOC(=O)C(F)(F)S(=O)(=O)O)C1CC3CC2CC(O)(C3)C1. The van der Waals surface area contributed by atoms with Gasteiger partial charge in [-0.05, 0) is 38.0 Å². The third kappa shape index (κ3) is 2.92. The van der Waals surface area contributed by atoms with Crippen molar-refractivity contribution in [3.8, 4) is 0 Å². The number of alkyl halides is 2. The fourth-order valence-corrected chi connectivity index (χ4v) is 5.66. The molecule has 1 saturated heterocycles. The fraction of sp³-hybridized carbons (Fsp3) is 0.875. The molecule has 1 spiro atoms. The molecule has 5 rings (SSSR count). The summed E-state index contributed by atoms with van der Waals surface area (Å²) < 4.78 is 71.4. The summed E-state index contributed by atoms with van der Waals surface area (Å²) in [5.41, 5.74) is -0.771. The highest BCUT2D eigenvalue weighted by atomic mass is 32.2. The van der Waals surface area contributed by atoms with Crippen molar-refractivity contribution >= 4 is 22.1 Å². The minimum absolute atomic E-state index is 0.163. The Balaban J connectivity index is 1.38. The predicted molar refractivity (Wildman–Crippen MR) is 84.3 cm³/mol. The minimum Gasteiger partial charge on any atom is -0.460 e. The fourth-order valence-electron chi connectivity index (χ4n) is 5.39. The van der Waals surface area contributed by atoms with E-state index >= 15 is 0 Å². The van der Waals surface area contributed by atoms with Crippen molar-refractivity contribution in [3.63, 3.8) is 0 Å². The zero-order valence-corrected chi connectivity index (χ0v) is 15.5. The lowest BCUT2D eigenvalue weighted by molar-refractivity contribution is -0.314. The van der Waals surface area contributed by atoms with Crippen molar-refractivity contribution in [2.75, 3.05) is 6.61 Å². The van der Waals surface area contributed by atoms with Gasteiger partial charge in [-0.2, -0.15) is 17.2 Å². The van der Waals surface area contributed by atoms with E-state index in [2.05, 4.69) is 4.74 Å². The van der Waals surface area contributed by atoms with E-state index in [4.69, 9.17) is 14.0 Å². The van der Waals surface area contributed by atoms with E-state index in [1.807, 2.05) is 0 Å². The monoisotopic (exact) mass is 426 g/mol. The number of hydrogen-bond donors (Lipinski definition) is 2. The Hall–Kier alpha value is -1.37. The second kappa shape index (κ2) is 6.07. The summed E-state index contributed by atoms with van der Waals surface area (Å²) in [6.45, 7) is -0.721. The average molecular weight is 426 g/mol. The minimum atomic E-state index is -5.96. The summed E-state index contributed by atoms with van der Waals surface area (Å²) in [5.74, 6) is -4.29. The second-order valence-corrected chi connectivity index (χ2v) is 9.70. The van der Waals surface area contributed by atoms with E-state index in [0.717, 1.165) is 19.3 Å². The molecular formula is C16H20F2O9S. The van der Waals surface area contributed by atoms with Crippen molar-refractivity contribution in [2.45, 2.75) is 61.3 Å². The third-order valence-electron chi connectivity index (χ3n) is 6.32. The number of carbonyl (C=O) groups excluding carboxylic acids is 2. The standard InChI is InChI=1S/C16H20F2O9S/c17-16(18,28(22,23)24)13(20)25-2-1-11-12(19)27-15(26-11)9-3-8-4-10(15)7-14(21,5-8)6-9/h8-11,21H,1-7H2,(H,22,23,24). The Morgan fingerprint density at radius 2 is 1.86 bits per heavy atom. The molecule has 3 atom stereocenters. The van der Waals surface area contributed by atoms with Crippen molar-refractivity contribution < 1.29 is 50.7 Å². The Morgan fingerprint density at radius 3 is 2.39 bits per heavy atom. The largest absolute Gasteiger partial charge is 0.465 e. The Bertz CT molecular complexity index is 795. The van der Waals surface area contributed by atoms with Crippen LogP contribution in [0.1, 0.15) is 38.5 Å². The van der Waals surface area contributed by atoms with Crippen molar-refractivity contribution in [1.82, 2.24) is 0 Å². The normalized spacial score (nSPS) is 42.1. The maximum absolute atomic E-state index is 13.2. The van der Waals surface area contributed by atoms with Crippen LogP contribution >= 0.6 is 0 Å². The van der Waals surface area contributed by atoms with Gasteiger partial charge in [-0.3, -0.25) is 4.55 Å². The summed E-state index contributed by atoms with van der Waals surface area (Å²) in [4.78, 5) is 23.5. The van der Waals surface area contributed by atoms with Crippen LogP contribution in [0, 0.1) is 17.8 Å². The van der Waals surface area contributed by atoms with E-state index in [1.54, 1.807) is 0 Å². The van der Waals surface area contributed by atoms with E-state index in [1.165, 1.54) is 0 Å². The van der Waals surface area contributed by atoms with Crippen LogP contribution in [0.5, 0.6) is 0 Å². The van der Waals surface area contributed by atoms with Gasteiger partial charge in [-0.1, -0.05) is 0 Å². The van der Waals surface area contributed by atoms with E-state index in [0.29, 0.717) is 18.8 Å². The summed E-state index contributed by atoms with van der Waals surface area (Å²) in [6.07, 6.45) is 1.69. The van der Waals surface area contributed by atoms with Gasteiger partial charge in [-0.15, -0.1) is 0 Å². The van der Waals surface area contributed by atoms with Crippen LogP contribution in [-0.2, 0) is 33.9 Å². The molecule has 2 N–H and O–H groups in total. The van der Waals surface area contributed by atoms with Crippen LogP contribution in [0.2, 0.25) is 0 Å².